The average molecular weight is 304 g/mol. The maximum absolute atomic E-state index is 12.6. The van der Waals surface area contributed by atoms with Gasteiger partial charge >= 0.3 is 0 Å². The van der Waals surface area contributed by atoms with E-state index in [4.69, 9.17) is 9.47 Å². The van der Waals surface area contributed by atoms with E-state index in [9.17, 15) is 4.79 Å². The van der Waals surface area contributed by atoms with Crippen molar-refractivity contribution in [2.24, 2.45) is 0 Å². The Morgan fingerprint density at radius 1 is 1.50 bits per heavy atom. The molecule has 2 atom stereocenters. The fourth-order valence-corrected chi connectivity index (χ4v) is 2.99. The molecule has 22 heavy (non-hydrogen) atoms. The van der Waals surface area contributed by atoms with E-state index in [0.29, 0.717) is 12.2 Å². The summed E-state index contributed by atoms with van der Waals surface area (Å²) < 4.78 is 11.3. The molecule has 2 fully saturated rings. The van der Waals surface area contributed by atoms with Crippen molar-refractivity contribution >= 4 is 5.91 Å². The number of carbonyl (C=O) groups excluding carboxylic acids is 1. The highest BCUT2D eigenvalue weighted by Crippen LogP contribution is 2.19. The first kappa shape index (κ1) is 15.3. The van der Waals surface area contributed by atoms with Crippen LogP contribution >= 0.6 is 0 Å². The Hall–Kier alpha value is -1.59. The monoisotopic (exact) mass is 304 g/mol. The number of rotatable bonds is 4. The molecule has 0 spiro atoms. The molecule has 0 aliphatic carbocycles. The summed E-state index contributed by atoms with van der Waals surface area (Å²) in [5, 5.41) is 3.30. The molecule has 2 heterocycles. The van der Waals surface area contributed by atoms with Crippen LogP contribution in [0.3, 0.4) is 0 Å². The average Bonchev–Trinajstić information content (AvgIpc) is 3.06. The van der Waals surface area contributed by atoms with Crippen molar-refractivity contribution in [2.45, 2.75) is 31.9 Å². The van der Waals surface area contributed by atoms with E-state index < -0.39 is 0 Å². The minimum Gasteiger partial charge on any atom is -0.491 e. The molecular formula is C17H24N2O3. The third-order valence-corrected chi connectivity index (χ3v) is 4.30. The number of ether oxygens (including phenoxy) is 2. The molecule has 3 rings (SSSR count). The van der Waals surface area contributed by atoms with Crippen molar-refractivity contribution in [1.82, 2.24) is 10.2 Å². The Labute approximate surface area is 131 Å². The van der Waals surface area contributed by atoms with E-state index in [1.165, 1.54) is 0 Å². The number of amides is 1. The molecule has 1 amide bonds. The zero-order valence-corrected chi connectivity index (χ0v) is 13.1. The van der Waals surface area contributed by atoms with Crippen LogP contribution in [0.4, 0.5) is 0 Å². The van der Waals surface area contributed by atoms with Crippen molar-refractivity contribution in [2.75, 3.05) is 32.8 Å². The highest BCUT2D eigenvalue weighted by Gasteiger charge is 2.24. The molecule has 2 aliphatic heterocycles. The van der Waals surface area contributed by atoms with Crippen LogP contribution in [0.5, 0.6) is 5.75 Å². The van der Waals surface area contributed by atoms with Gasteiger partial charge in [0.15, 0.2) is 0 Å². The van der Waals surface area contributed by atoms with Gasteiger partial charge in [0, 0.05) is 37.8 Å². The van der Waals surface area contributed by atoms with Gasteiger partial charge in [-0.15, -0.1) is 0 Å². The third kappa shape index (κ3) is 3.59. The molecular weight excluding hydrogens is 280 g/mol. The van der Waals surface area contributed by atoms with Crippen LogP contribution in [-0.2, 0) is 4.74 Å². The van der Waals surface area contributed by atoms with E-state index in [1.54, 1.807) is 0 Å². The quantitative estimate of drug-likeness (QED) is 0.919. The molecule has 0 aromatic heterocycles. The largest absolute Gasteiger partial charge is 0.491 e. The van der Waals surface area contributed by atoms with Gasteiger partial charge in [0.25, 0.3) is 5.91 Å². The number of hydrogen-bond acceptors (Lipinski definition) is 4. The van der Waals surface area contributed by atoms with Crippen molar-refractivity contribution in [3.8, 4) is 5.75 Å². The second-order valence-electron chi connectivity index (χ2n) is 6.03. The Bertz CT molecular complexity index is 514. The lowest BCUT2D eigenvalue weighted by atomic mass is 10.1. The smallest absolute Gasteiger partial charge is 0.254 e. The molecule has 2 aliphatic rings. The molecule has 0 unspecified atom stereocenters. The minimum absolute atomic E-state index is 0.0802. The predicted octanol–water partition coefficient (Wildman–Crippen LogP) is 1.68. The van der Waals surface area contributed by atoms with Gasteiger partial charge in [-0.1, -0.05) is 6.07 Å². The zero-order valence-electron chi connectivity index (χ0n) is 13.1. The Morgan fingerprint density at radius 2 is 2.41 bits per heavy atom. The minimum atomic E-state index is 0.0802. The summed E-state index contributed by atoms with van der Waals surface area (Å²) in [5.74, 6) is 0.820. The lowest BCUT2D eigenvalue weighted by Crippen LogP contribution is -2.52. The van der Waals surface area contributed by atoms with E-state index in [-0.39, 0.29) is 18.1 Å². The summed E-state index contributed by atoms with van der Waals surface area (Å²) in [6.45, 7) is 5.91. The molecule has 0 radical (unpaired) electrons. The van der Waals surface area contributed by atoms with Crippen molar-refractivity contribution in [3.05, 3.63) is 29.8 Å². The molecule has 2 saturated heterocycles. The van der Waals surface area contributed by atoms with Gasteiger partial charge in [0.05, 0.1) is 6.10 Å². The Morgan fingerprint density at radius 3 is 3.18 bits per heavy atom. The molecule has 1 aromatic rings. The lowest BCUT2D eigenvalue weighted by molar-refractivity contribution is 0.0649. The van der Waals surface area contributed by atoms with Crippen molar-refractivity contribution in [3.63, 3.8) is 0 Å². The first-order chi connectivity index (χ1) is 10.7. The van der Waals surface area contributed by atoms with Crippen LogP contribution in [0.1, 0.15) is 30.1 Å². The number of nitrogens with zero attached hydrogens (tertiary/aromatic N) is 1. The standard InChI is InChI=1S/C17H24N2O3/c1-13-11-18-7-8-19(13)17(20)14-4-2-5-15(10-14)22-12-16-6-3-9-21-16/h2,4-5,10,13,16,18H,3,6-9,11-12H2,1H3/t13-,16+/m1/s1. The van der Waals surface area contributed by atoms with Crippen LogP contribution in [0.15, 0.2) is 24.3 Å². The van der Waals surface area contributed by atoms with Crippen molar-refractivity contribution < 1.29 is 14.3 Å². The van der Waals surface area contributed by atoms with Gasteiger partial charge in [0.2, 0.25) is 0 Å². The van der Waals surface area contributed by atoms with Gasteiger partial charge in [-0.25, -0.2) is 0 Å². The summed E-state index contributed by atoms with van der Waals surface area (Å²) in [7, 11) is 0. The number of benzene rings is 1. The first-order valence-corrected chi connectivity index (χ1v) is 8.10. The molecule has 5 heteroatoms. The maximum atomic E-state index is 12.6. The SMILES string of the molecule is C[C@@H]1CNCCN1C(=O)c1cccc(OC[C@@H]2CCCO2)c1. The van der Waals surface area contributed by atoms with Crippen LogP contribution < -0.4 is 10.1 Å². The van der Waals surface area contributed by atoms with E-state index in [1.807, 2.05) is 29.2 Å². The number of piperazine rings is 1. The van der Waals surface area contributed by atoms with E-state index in [2.05, 4.69) is 12.2 Å². The van der Waals surface area contributed by atoms with Crippen LogP contribution in [0, 0.1) is 0 Å². The van der Waals surface area contributed by atoms with Crippen LogP contribution in [0.2, 0.25) is 0 Å². The lowest BCUT2D eigenvalue weighted by Gasteiger charge is -2.34. The van der Waals surface area contributed by atoms with E-state index >= 15 is 0 Å². The van der Waals surface area contributed by atoms with Gasteiger partial charge in [0.1, 0.15) is 12.4 Å². The highest BCUT2D eigenvalue weighted by molar-refractivity contribution is 5.94. The first-order valence-electron chi connectivity index (χ1n) is 8.10. The predicted molar refractivity (Wildman–Crippen MR) is 84.3 cm³/mol. The summed E-state index contributed by atoms with van der Waals surface area (Å²) in [6.07, 6.45) is 2.34. The Balaban J connectivity index is 1.63. The van der Waals surface area contributed by atoms with Crippen LogP contribution in [0.25, 0.3) is 0 Å². The maximum Gasteiger partial charge on any atom is 0.254 e. The zero-order chi connectivity index (χ0) is 15.4. The second kappa shape index (κ2) is 7.11. The summed E-state index contributed by atoms with van der Waals surface area (Å²) in [4.78, 5) is 14.6. The number of nitrogens with one attached hydrogen (secondary N) is 1. The van der Waals surface area contributed by atoms with Gasteiger partial charge in [-0.05, 0) is 38.0 Å². The molecule has 0 saturated carbocycles. The summed E-state index contributed by atoms with van der Waals surface area (Å²) >= 11 is 0. The van der Waals surface area contributed by atoms with Gasteiger partial charge < -0.3 is 19.7 Å². The van der Waals surface area contributed by atoms with E-state index in [0.717, 1.165) is 44.8 Å². The molecule has 120 valence electrons. The van der Waals surface area contributed by atoms with Crippen LogP contribution in [-0.4, -0.2) is 55.8 Å². The Kier molecular flexibility index (Phi) is 4.95. The normalized spacial score (nSPS) is 25.2. The fraction of sp³-hybridized carbons (Fsp3) is 0.588. The number of carbonyl (C=O) groups is 1. The topological polar surface area (TPSA) is 50.8 Å². The van der Waals surface area contributed by atoms with Gasteiger partial charge in [-0.2, -0.15) is 0 Å². The summed E-state index contributed by atoms with van der Waals surface area (Å²) in [6, 6.07) is 7.69. The van der Waals surface area contributed by atoms with Crippen molar-refractivity contribution in [1.29, 1.82) is 0 Å². The second-order valence-corrected chi connectivity index (χ2v) is 6.03. The third-order valence-electron chi connectivity index (χ3n) is 4.30. The highest BCUT2D eigenvalue weighted by atomic mass is 16.5. The number of hydrogen-bond donors (Lipinski definition) is 1. The molecule has 0 bridgehead atoms. The molecule has 5 nitrogen and oxygen atoms in total. The fourth-order valence-electron chi connectivity index (χ4n) is 2.99. The van der Waals surface area contributed by atoms with Gasteiger partial charge in [-0.3, -0.25) is 4.79 Å². The molecule has 1 aromatic carbocycles. The summed E-state index contributed by atoms with van der Waals surface area (Å²) in [5.41, 5.74) is 0.693. The molecule has 1 N–H and O–H groups in total.